The van der Waals surface area contributed by atoms with Crippen LogP contribution in [0.1, 0.15) is 31.2 Å². The number of anilines is 1. The predicted octanol–water partition coefficient (Wildman–Crippen LogP) is 2.14. The number of hydrogen-bond acceptors (Lipinski definition) is 3. The van der Waals surface area contributed by atoms with Crippen molar-refractivity contribution < 1.29 is 9.50 Å². The van der Waals surface area contributed by atoms with Gasteiger partial charge in [-0.05, 0) is 37.6 Å². The van der Waals surface area contributed by atoms with Crippen LogP contribution >= 0.6 is 0 Å². The van der Waals surface area contributed by atoms with Gasteiger partial charge in [0, 0.05) is 18.3 Å². The van der Waals surface area contributed by atoms with Crippen molar-refractivity contribution in [3.05, 3.63) is 29.6 Å². The number of benzene rings is 1. The van der Waals surface area contributed by atoms with E-state index >= 15 is 0 Å². The van der Waals surface area contributed by atoms with Crippen molar-refractivity contribution in [2.24, 2.45) is 0 Å². The third-order valence-electron chi connectivity index (χ3n) is 3.79. The first kappa shape index (κ1) is 13.3. The molecule has 0 saturated heterocycles. The Morgan fingerprint density at radius 1 is 1.39 bits per heavy atom. The smallest absolute Gasteiger partial charge is 0.125 e. The van der Waals surface area contributed by atoms with Crippen molar-refractivity contribution in [2.45, 2.75) is 44.4 Å². The molecular weight excluding hydrogens is 231 g/mol. The highest BCUT2D eigenvalue weighted by molar-refractivity contribution is 5.46. The quantitative estimate of drug-likeness (QED) is 0.810. The molecule has 1 aromatic rings. The molecule has 2 rings (SSSR count). The molecule has 2 atom stereocenters. The lowest BCUT2D eigenvalue weighted by Crippen LogP contribution is -2.42. The zero-order valence-corrected chi connectivity index (χ0v) is 10.8. The maximum absolute atomic E-state index is 13.0. The Bertz CT molecular complexity index is 411. The summed E-state index contributed by atoms with van der Waals surface area (Å²) in [7, 11) is 1.99. The Kier molecular flexibility index (Phi) is 4.19. The molecule has 3 N–H and O–H groups in total. The zero-order chi connectivity index (χ0) is 13.1. The molecule has 1 aromatic carbocycles. The van der Waals surface area contributed by atoms with E-state index in [0.29, 0.717) is 12.2 Å². The van der Waals surface area contributed by atoms with Gasteiger partial charge in [0.25, 0.3) is 0 Å². The molecule has 0 heterocycles. The average Bonchev–Trinajstić information content (AvgIpc) is 2.33. The SMILES string of the molecule is CN(Cc1ccc(F)cc1N)C1CCCCC1O. The summed E-state index contributed by atoms with van der Waals surface area (Å²) in [5, 5.41) is 10.00. The van der Waals surface area contributed by atoms with Crippen molar-refractivity contribution in [1.82, 2.24) is 4.90 Å². The van der Waals surface area contributed by atoms with Crippen molar-refractivity contribution in [3.8, 4) is 0 Å². The van der Waals surface area contributed by atoms with E-state index in [9.17, 15) is 9.50 Å². The lowest BCUT2D eigenvalue weighted by Gasteiger charge is -2.35. The molecule has 3 nitrogen and oxygen atoms in total. The predicted molar refractivity (Wildman–Crippen MR) is 70.5 cm³/mol. The standard InChI is InChI=1S/C14H21FN2O/c1-17(13-4-2-3-5-14(13)18)9-10-6-7-11(15)8-12(10)16/h6-8,13-14,18H,2-5,9,16H2,1H3. The fourth-order valence-corrected chi connectivity index (χ4v) is 2.70. The second-order valence-corrected chi connectivity index (χ2v) is 5.18. The number of likely N-dealkylation sites (N-methyl/N-ethyl adjacent to an activating group) is 1. The first-order valence-electron chi connectivity index (χ1n) is 6.50. The molecule has 18 heavy (non-hydrogen) atoms. The lowest BCUT2D eigenvalue weighted by atomic mass is 9.91. The van der Waals surface area contributed by atoms with Gasteiger partial charge >= 0.3 is 0 Å². The fraction of sp³-hybridized carbons (Fsp3) is 0.571. The molecule has 0 spiro atoms. The van der Waals surface area contributed by atoms with Gasteiger partial charge in [0.2, 0.25) is 0 Å². The second kappa shape index (κ2) is 5.67. The van der Waals surface area contributed by atoms with Crippen molar-refractivity contribution in [1.29, 1.82) is 0 Å². The molecule has 1 aliphatic rings. The molecule has 4 heteroatoms. The summed E-state index contributed by atoms with van der Waals surface area (Å²) in [5.74, 6) is -0.309. The monoisotopic (exact) mass is 252 g/mol. The van der Waals surface area contributed by atoms with E-state index in [1.807, 2.05) is 7.05 Å². The summed E-state index contributed by atoms with van der Waals surface area (Å²) >= 11 is 0. The average molecular weight is 252 g/mol. The van der Waals surface area contributed by atoms with Crippen LogP contribution < -0.4 is 5.73 Å². The van der Waals surface area contributed by atoms with Gasteiger partial charge in [-0.3, -0.25) is 4.90 Å². The third-order valence-corrected chi connectivity index (χ3v) is 3.79. The van der Waals surface area contributed by atoms with Gasteiger partial charge in [0.05, 0.1) is 6.10 Å². The topological polar surface area (TPSA) is 49.5 Å². The van der Waals surface area contributed by atoms with Crippen molar-refractivity contribution >= 4 is 5.69 Å². The van der Waals surface area contributed by atoms with Crippen molar-refractivity contribution in [3.63, 3.8) is 0 Å². The molecule has 0 bridgehead atoms. The van der Waals surface area contributed by atoms with Crippen LogP contribution in [0.4, 0.5) is 10.1 Å². The van der Waals surface area contributed by atoms with Crippen LogP contribution in [0.5, 0.6) is 0 Å². The summed E-state index contributed by atoms with van der Waals surface area (Å²) < 4.78 is 13.0. The van der Waals surface area contributed by atoms with Gasteiger partial charge in [0.15, 0.2) is 0 Å². The van der Waals surface area contributed by atoms with E-state index in [1.165, 1.54) is 12.1 Å². The van der Waals surface area contributed by atoms with Crippen LogP contribution in [-0.2, 0) is 6.54 Å². The Morgan fingerprint density at radius 3 is 2.78 bits per heavy atom. The van der Waals surface area contributed by atoms with E-state index in [1.54, 1.807) is 6.07 Å². The maximum atomic E-state index is 13.0. The Labute approximate surface area is 107 Å². The van der Waals surface area contributed by atoms with Crippen LogP contribution in [0, 0.1) is 5.82 Å². The van der Waals surface area contributed by atoms with Crippen molar-refractivity contribution in [2.75, 3.05) is 12.8 Å². The minimum atomic E-state index is -0.309. The fourth-order valence-electron chi connectivity index (χ4n) is 2.70. The molecule has 0 aromatic heterocycles. The van der Waals surface area contributed by atoms with Gasteiger partial charge in [-0.2, -0.15) is 0 Å². The van der Waals surface area contributed by atoms with Crippen LogP contribution in [0.15, 0.2) is 18.2 Å². The normalized spacial score (nSPS) is 24.4. The molecule has 100 valence electrons. The van der Waals surface area contributed by atoms with E-state index in [4.69, 9.17) is 5.73 Å². The Morgan fingerprint density at radius 2 is 2.11 bits per heavy atom. The maximum Gasteiger partial charge on any atom is 0.125 e. The summed E-state index contributed by atoms with van der Waals surface area (Å²) in [4.78, 5) is 2.12. The van der Waals surface area contributed by atoms with E-state index in [-0.39, 0.29) is 18.0 Å². The second-order valence-electron chi connectivity index (χ2n) is 5.18. The van der Waals surface area contributed by atoms with E-state index < -0.39 is 0 Å². The van der Waals surface area contributed by atoms with E-state index in [2.05, 4.69) is 4.90 Å². The minimum Gasteiger partial charge on any atom is -0.398 e. The number of nitrogens with two attached hydrogens (primary N) is 1. The van der Waals surface area contributed by atoms with Gasteiger partial charge in [-0.25, -0.2) is 4.39 Å². The number of aliphatic hydroxyl groups is 1. The molecule has 0 aliphatic heterocycles. The molecule has 1 aliphatic carbocycles. The number of aliphatic hydroxyl groups excluding tert-OH is 1. The molecular formula is C14H21FN2O. The highest BCUT2D eigenvalue weighted by Gasteiger charge is 2.26. The van der Waals surface area contributed by atoms with Gasteiger partial charge in [-0.1, -0.05) is 18.9 Å². The minimum absolute atomic E-state index is 0.184. The Balaban J connectivity index is 2.03. The van der Waals surface area contributed by atoms with Crippen LogP contribution in [-0.4, -0.2) is 29.2 Å². The number of hydrogen-bond donors (Lipinski definition) is 2. The number of rotatable bonds is 3. The number of nitrogen functional groups attached to an aromatic ring is 1. The highest BCUT2D eigenvalue weighted by Crippen LogP contribution is 2.24. The molecule has 0 radical (unpaired) electrons. The van der Waals surface area contributed by atoms with Crippen LogP contribution in [0.3, 0.4) is 0 Å². The van der Waals surface area contributed by atoms with E-state index in [0.717, 1.165) is 31.2 Å². The number of halogens is 1. The first-order chi connectivity index (χ1) is 8.58. The summed E-state index contributed by atoms with van der Waals surface area (Å²) in [6, 6.07) is 4.68. The highest BCUT2D eigenvalue weighted by atomic mass is 19.1. The molecule has 1 saturated carbocycles. The van der Waals surface area contributed by atoms with Gasteiger partial charge < -0.3 is 10.8 Å². The summed E-state index contributed by atoms with van der Waals surface area (Å²) in [6.45, 7) is 0.647. The van der Waals surface area contributed by atoms with Crippen LogP contribution in [0.25, 0.3) is 0 Å². The van der Waals surface area contributed by atoms with Crippen LogP contribution in [0.2, 0.25) is 0 Å². The zero-order valence-electron chi connectivity index (χ0n) is 10.8. The summed E-state index contributed by atoms with van der Waals surface area (Å²) in [5.41, 5.74) is 7.20. The number of nitrogens with zero attached hydrogens (tertiary/aromatic N) is 1. The Hall–Kier alpha value is -1.13. The third kappa shape index (κ3) is 3.00. The first-order valence-corrected chi connectivity index (χ1v) is 6.50. The van der Waals surface area contributed by atoms with Gasteiger partial charge in [0.1, 0.15) is 5.82 Å². The van der Waals surface area contributed by atoms with Gasteiger partial charge in [-0.15, -0.1) is 0 Å². The molecule has 1 fully saturated rings. The summed E-state index contributed by atoms with van der Waals surface area (Å²) in [6.07, 6.45) is 3.88. The molecule has 2 unspecified atom stereocenters. The lowest BCUT2D eigenvalue weighted by molar-refractivity contribution is 0.0289. The molecule has 0 amide bonds. The largest absolute Gasteiger partial charge is 0.398 e.